The fraction of sp³-hybridized carbons (Fsp3) is 0.444. The molecular formula is C18H23NO4. The van der Waals surface area contributed by atoms with E-state index in [0.717, 1.165) is 0 Å². The highest BCUT2D eigenvalue weighted by atomic mass is 16.5. The van der Waals surface area contributed by atoms with Crippen molar-refractivity contribution < 1.29 is 14.6 Å². The third-order valence-corrected chi connectivity index (χ3v) is 3.81. The third kappa shape index (κ3) is 3.92. The molecule has 0 fully saturated rings. The second-order valence-corrected chi connectivity index (χ2v) is 6.10. The SMILES string of the molecule is CCOC(=O)CC(CC(C)C)c1c(O)c2ccccc2[nH]c1=O. The van der Waals surface area contributed by atoms with Crippen LogP contribution in [0.1, 0.15) is 45.1 Å². The third-order valence-electron chi connectivity index (χ3n) is 3.81. The van der Waals surface area contributed by atoms with Crippen LogP contribution in [0.25, 0.3) is 10.9 Å². The molecular weight excluding hydrogens is 294 g/mol. The molecule has 0 aliphatic rings. The van der Waals surface area contributed by atoms with Crippen LogP contribution in [0, 0.1) is 5.92 Å². The van der Waals surface area contributed by atoms with Gasteiger partial charge in [-0.05, 0) is 31.4 Å². The topological polar surface area (TPSA) is 79.4 Å². The van der Waals surface area contributed by atoms with E-state index >= 15 is 0 Å². The number of H-pyrrole nitrogens is 1. The van der Waals surface area contributed by atoms with E-state index in [-0.39, 0.29) is 41.1 Å². The number of hydrogen-bond acceptors (Lipinski definition) is 4. The van der Waals surface area contributed by atoms with Crippen molar-refractivity contribution in [2.24, 2.45) is 5.92 Å². The molecule has 0 saturated carbocycles. The Morgan fingerprint density at radius 1 is 1.30 bits per heavy atom. The lowest BCUT2D eigenvalue weighted by Gasteiger charge is -2.19. The molecule has 1 aromatic carbocycles. The molecule has 0 saturated heterocycles. The number of esters is 1. The normalized spacial score (nSPS) is 12.5. The molecule has 5 nitrogen and oxygen atoms in total. The van der Waals surface area contributed by atoms with Crippen LogP contribution in [-0.2, 0) is 9.53 Å². The van der Waals surface area contributed by atoms with E-state index in [1.165, 1.54) is 0 Å². The first-order valence-corrected chi connectivity index (χ1v) is 7.93. The van der Waals surface area contributed by atoms with Gasteiger partial charge >= 0.3 is 5.97 Å². The summed E-state index contributed by atoms with van der Waals surface area (Å²) in [6, 6.07) is 7.08. The molecule has 1 unspecified atom stereocenters. The molecule has 0 bridgehead atoms. The molecule has 1 atom stereocenters. The molecule has 0 amide bonds. The Morgan fingerprint density at radius 3 is 2.65 bits per heavy atom. The van der Waals surface area contributed by atoms with Crippen molar-refractivity contribution in [1.82, 2.24) is 4.98 Å². The predicted octanol–water partition coefficient (Wildman–Crippen LogP) is 3.32. The molecule has 0 radical (unpaired) electrons. The van der Waals surface area contributed by atoms with Crippen molar-refractivity contribution in [1.29, 1.82) is 0 Å². The van der Waals surface area contributed by atoms with Crippen LogP contribution in [0.3, 0.4) is 0 Å². The van der Waals surface area contributed by atoms with Crippen LogP contribution in [0.2, 0.25) is 0 Å². The highest BCUT2D eigenvalue weighted by Crippen LogP contribution is 2.34. The van der Waals surface area contributed by atoms with E-state index < -0.39 is 0 Å². The molecule has 2 N–H and O–H groups in total. The number of aromatic amines is 1. The number of carbonyl (C=O) groups excluding carboxylic acids is 1. The van der Waals surface area contributed by atoms with Gasteiger partial charge in [-0.1, -0.05) is 26.0 Å². The zero-order chi connectivity index (χ0) is 17.0. The van der Waals surface area contributed by atoms with Gasteiger partial charge in [-0.15, -0.1) is 0 Å². The molecule has 2 rings (SSSR count). The van der Waals surface area contributed by atoms with E-state index in [9.17, 15) is 14.7 Å². The summed E-state index contributed by atoms with van der Waals surface area (Å²) in [6.07, 6.45) is 0.703. The molecule has 5 heteroatoms. The average Bonchev–Trinajstić information content (AvgIpc) is 2.46. The smallest absolute Gasteiger partial charge is 0.306 e. The fourth-order valence-corrected chi connectivity index (χ4v) is 2.91. The highest BCUT2D eigenvalue weighted by molar-refractivity contribution is 5.86. The number of rotatable bonds is 6. The Bertz CT molecular complexity index is 748. The van der Waals surface area contributed by atoms with E-state index in [4.69, 9.17) is 4.74 Å². The quantitative estimate of drug-likeness (QED) is 0.801. The maximum absolute atomic E-state index is 12.4. The number of benzene rings is 1. The average molecular weight is 317 g/mol. The van der Waals surface area contributed by atoms with Gasteiger partial charge in [0.15, 0.2) is 0 Å². The van der Waals surface area contributed by atoms with Crippen molar-refractivity contribution >= 4 is 16.9 Å². The summed E-state index contributed by atoms with van der Waals surface area (Å²) < 4.78 is 5.01. The van der Waals surface area contributed by atoms with Gasteiger partial charge in [0.2, 0.25) is 0 Å². The van der Waals surface area contributed by atoms with Crippen LogP contribution < -0.4 is 5.56 Å². The number of ether oxygens (including phenoxy) is 1. The van der Waals surface area contributed by atoms with E-state index in [2.05, 4.69) is 4.98 Å². The molecule has 0 aliphatic carbocycles. The number of fused-ring (bicyclic) bond motifs is 1. The molecule has 2 aromatic rings. The summed E-state index contributed by atoms with van der Waals surface area (Å²) in [5.41, 5.74) is 0.500. The second kappa shape index (κ2) is 7.31. The van der Waals surface area contributed by atoms with Crippen molar-refractivity contribution in [2.45, 2.75) is 39.5 Å². The van der Waals surface area contributed by atoms with Gasteiger partial charge in [0.25, 0.3) is 5.56 Å². The number of hydrogen-bond donors (Lipinski definition) is 2. The predicted molar refractivity (Wildman–Crippen MR) is 89.7 cm³/mol. The van der Waals surface area contributed by atoms with Gasteiger partial charge in [0, 0.05) is 11.3 Å². The van der Waals surface area contributed by atoms with Crippen molar-refractivity contribution in [3.8, 4) is 5.75 Å². The maximum Gasteiger partial charge on any atom is 0.306 e. The van der Waals surface area contributed by atoms with Crippen molar-refractivity contribution in [2.75, 3.05) is 6.61 Å². The summed E-state index contributed by atoms with van der Waals surface area (Å²) in [4.78, 5) is 27.1. The number of pyridine rings is 1. The molecule has 124 valence electrons. The summed E-state index contributed by atoms with van der Waals surface area (Å²) >= 11 is 0. The van der Waals surface area contributed by atoms with Crippen LogP contribution in [0.15, 0.2) is 29.1 Å². The first-order valence-electron chi connectivity index (χ1n) is 7.93. The van der Waals surface area contributed by atoms with Crippen LogP contribution in [-0.4, -0.2) is 22.7 Å². The first-order chi connectivity index (χ1) is 10.9. The first kappa shape index (κ1) is 17.1. The van der Waals surface area contributed by atoms with E-state index in [1.54, 1.807) is 31.2 Å². The van der Waals surface area contributed by atoms with Crippen molar-refractivity contribution in [3.05, 3.63) is 40.2 Å². The van der Waals surface area contributed by atoms with Gasteiger partial charge in [0.1, 0.15) is 5.75 Å². The van der Waals surface area contributed by atoms with Crippen LogP contribution >= 0.6 is 0 Å². The van der Waals surface area contributed by atoms with Crippen LogP contribution in [0.4, 0.5) is 0 Å². The Morgan fingerprint density at radius 2 is 2.00 bits per heavy atom. The highest BCUT2D eigenvalue weighted by Gasteiger charge is 2.25. The summed E-state index contributed by atoms with van der Waals surface area (Å²) in [5.74, 6) is -0.494. The summed E-state index contributed by atoms with van der Waals surface area (Å²) in [7, 11) is 0. The van der Waals surface area contributed by atoms with E-state index in [1.807, 2.05) is 13.8 Å². The summed E-state index contributed by atoms with van der Waals surface area (Å²) in [5, 5.41) is 11.2. The van der Waals surface area contributed by atoms with Gasteiger partial charge in [0.05, 0.1) is 24.1 Å². The monoisotopic (exact) mass is 317 g/mol. The lowest BCUT2D eigenvalue weighted by atomic mass is 9.87. The Labute approximate surface area is 135 Å². The maximum atomic E-state index is 12.4. The number of carbonyl (C=O) groups is 1. The zero-order valence-corrected chi connectivity index (χ0v) is 13.8. The Hall–Kier alpha value is -2.30. The number of nitrogens with one attached hydrogen (secondary N) is 1. The largest absolute Gasteiger partial charge is 0.507 e. The second-order valence-electron chi connectivity index (χ2n) is 6.10. The minimum Gasteiger partial charge on any atom is -0.507 e. The minimum absolute atomic E-state index is 0.0423. The number of para-hydroxylation sites is 1. The van der Waals surface area contributed by atoms with Gasteiger partial charge in [-0.25, -0.2) is 0 Å². The lowest BCUT2D eigenvalue weighted by molar-refractivity contribution is -0.143. The standard InChI is InChI=1S/C18H23NO4/c1-4-23-15(20)10-12(9-11(2)3)16-17(21)13-7-5-6-8-14(13)19-18(16)22/h5-8,11-12H,4,9-10H2,1-3H3,(H2,19,21,22). The molecule has 1 aromatic heterocycles. The molecule has 0 spiro atoms. The zero-order valence-electron chi connectivity index (χ0n) is 13.8. The van der Waals surface area contributed by atoms with E-state index in [0.29, 0.717) is 23.9 Å². The Balaban J connectivity index is 2.51. The number of aromatic nitrogens is 1. The minimum atomic E-state index is -0.373. The summed E-state index contributed by atoms with van der Waals surface area (Å²) in [6.45, 7) is 6.08. The van der Waals surface area contributed by atoms with Gasteiger partial charge in [-0.3, -0.25) is 9.59 Å². The molecule has 23 heavy (non-hydrogen) atoms. The molecule has 1 heterocycles. The van der Waals surface area contributed by atoms with Crippen LogP contribution in [0.5, 0.6) is 5.75 Å². The van der Waals surface area contributed by atoms with Crippen molar-refractivity contribution in [3.63, 3.8) is 0 Å². The Kier molecular flexibility index (Phi) is 5.42. The molecule has 0 aliphatic heterocycles. The van der Waals surface area contributed by atoms with Gasteiger partial charge < -0.3 is 14.8 Å². The van der Waals surface area contributed by atoms with Gasteiger partial charge in [-0.2, -0.15) is 0 Å². The fourth-order valence-electron chi connectivity index (χ4n) is 2.91. The lowest BCUT2D eigenvalue weighted by Crippen LogP contribution is -2.21. The number of aromatic hydroxyl groups is 1.